The molecule has 166 valence electrons. The summed E-state index contributed by atoms with van der Waals surface area (Å²) in [6, 6.07) is 24.2. The van der Waals surface area contributed by atoms with E-state index in [9.17, 15) is 4.79 Å². The Labute approximate surface area is 188 Å². The van der Waals surface area contributed by atoms with E-state index >= 15 is 0 Å². The Morgan fingerprint density at radius 3 is 2.09 bits per heavy atom. The number of carboxylic acid groups (broad SMARTS) is 1. The molecule has 0 saturated heterocycles. The molecule has 0 unspecified atom stereocenters. The number of oxime groups is 1. The molecule has 0 aliphatic carbocycles. The summed E-state index contributed by atoms with van der Waals surface area (Å²) >= 11 is 0. The van der Waals surface area contributed by atoms with Gasteiger partial charge in [-0.3, -0.25) is 4.79 Å². The third-order valence-electron chi connectivity index (χ3n) is 5.03. The molecule has 0 atom stereocenters. The molecule has 0 amide bonds. The Morgan fingerprint density at radius 2 is 1.50 bits per heavy atom. The fourth-order valence-electron chi connectivity index (χ4n) is 3.13. The highest BCUT2D eigenvalue weighted by Crippen LogP contribution is 2.23. The van der Waals surface area contributed by atoms with Crippen LogP contribution in [0.1, 0.15) is 30.0 Å². The van der Waals surface area contributed by atoms with Crippen LogP contribution in [-0.4, -0.2) is 30.4 Å². The maximum absolute atomic E-state index is 10.5. The van der Waals surface area contributed by atoms with Gasteiger partial charge in [0.15, 0.2) is 0 Å². The zero-order chi connectivity index (χ0) is 22.8. The monoisotopic (exact) mass is 432 g/mol. The summed E-state index contributed by atoms with van der Waals surface area (Å²) in [5.41, 5.74) is 6.17. The maximum Gasteiger partial charge on any atom is 0.304 e. The van der Waals surface area contributed by atoms with Gasteiger partial charge in [0.25, 0.3) is 0 Å². The van der Waals surface area contributed by atoms with Crippen molar-refractivity contribution in [1.29, 1.82) is 0 Å². The number of ether oxygens (including phenoxy) is 1. The Bertz CT molecular complexity index is 1030. The summed E-state index contributed by atoms with van der Waals surface area (Å²) in [5, 5.41) is 16.0. The highest BCUT2D eigenvalue weighted by molar-refractivity contribution is 5.98. The molecule has 6 nitrogen and oxygen atoms in total. The van der Waals surface area contributed by atoms with Gasteiger partial charge in [0.05, 0.1) is 19.2 Å². The van der Waals surface area contributed by atoms with Crippen LogP contribution in [0.15, 0.2) is 78.0 Å². The van der Waals surface area contributed by atoms with E-state index in [1.165, 1.54) is 0 Å². The van der Waals surface area contributed by atoms with Gasteiger partial charge in [-0.1, -0.05) is 65.8 Å². The minimum atomic E-state index is -0.798. The molecule has 0 aromatic heterocycles. The predicted octanol–water partition coefficient (Wildman–Crippen LogP) is 4.87. The molecule has 3 rings (SSSR count). The fraction of sp³-hybridized carbons (Fsp3) is 0.231. The van der Waals surface area contributed by atoms with Gasteiger partial charge in [-0.05, 0) is 46.9 Å². The first-order valence-corrected chi connectivity index (χ1v) is 10.5. The van der Waals surface area contributed by atoms with Crippen molar-refractivity contribution < 1.29 is 19.5 Å². The van der Waals surface area contributed by atoms with E-state index in [2.05, 4.69) is 22.6 Å². The Balaban J connectivity index is 1.49. The summed E-state index contributed by atoms with van der Waals surface area (Å²) in [7, 11) is 1.66. The quantitative estimate of drug-likeness (QED) is 0.257. The number of nitrogens with one attached hydrogen (secondary N) is 1. The van der Waals surface area contributed by atoms with E-state index in [1.54, 1.807) is 7.11 Å². The third kappa shape index (κ3) is 6.96. The lowest BCUT2D eigenvalue weighted by molar-refractivity contribution is -0.136. The van der Waals surface area contributed by atoms with Crippen LogP contribution in [0.3, 0.4) is 0 Å². The second-order valence-corrected chi connectivity index (χ2v) is 7.39. The number of hydrogen-bond donors (Lipinski definition) is 2. The van der Waals surface area contributed by atoms with Crippen molar-refractivity contribution in [2.45, 2.75) is 26.5 Å². The van der Waals surface area contributed by atoms with Crippen LogP contribution in [-0.2, 0) is 22.8 Å². The molecule has 0 fully saturated rings. The zero-order valence-electron chi connectivity index (χ0n) is 18.4. The maximum atomic E-state index is 10.5. The molecule has 3 aromatic carbocycles. The van der Waals surface area contributed by atoms with Crippen molar-refractivity contribution in [2.75, 3.05) is 13.7 Å². The van der Waals surface area contributed by atoms with Crippen molar-refractivity contribution >= 4 is 11.7 Å². The number of carboxylic acids is 1. The molecule has 2 N–H and O–H groups in total. The summed E-state index contributed by atoms with van der Waals surface area (Å²) in [6.45, 7) is 3.39. The van der Waals surface area contributed by atoms with Crippen molar-refractivity contribution in [2.24, 2.45) is 5.16 Å². The normalized spacial score (nSPS) is 11.2. The first kappa shape index (κ1) is 23.0. The van der Waals surface area contributed by atoms with E-state index in [-0.39, 0.29) is 6.42 Å². The average molecular weight is 433 g/mol. The number of benzene rings is 3. The lowest BCUT2D eigenvalue weighted by atomic mass is 10.0. The van der Waals surface area contributed by atoms with Gasteiger partial charge in [-0.2, -0.15) is 0 Å². The first-order chi connectivity index (χ1) is 15.5. The highest BCUT2D eigenvalue weighted by atomic mass is 16.6. The molecule has 0 saturated carbocycles. The SMILES string of the molecule is COc1ccc(-c2ccc(CON=C(C)c3ccc(CNCCC(=O)O)cc3)cc2)cc1. The minimum absolute atomic E-state index is 0.116. The molecule has 0 aliphatic heterocycles. The van der Waals surface area contributed by atoms with Crippen LogP contribution in [0.5, 0.6) is 5.75 Å². The van der Waals surface area contributed by atoms with E-state index in [0.717, 1.165) is 39.3 Å². The summed E-state index contributed by atoms with van der Waals surface area (Å²) in [4.78, 5) is 16.1. The Hall–Kier alpha value is -3.64. The molecular formula is C26H28N2O4. The number of aliphatic carboxylic acids is 1. The lowest BCUT2D eigenvalue weighted by Crippen LogP contribution is -2.17. The number of hydrogen-bond acceptors (Lipinski definition) is 5. The molecule has 0 heterocycles. The molecule has 0 spiro atoms. The number of carbonyl (C=O) groups is 1. The Kier molecular flexibility index (Phi) is 8.40. The summed E-state index contributed by atoms with van der Waals surface area (Å²) in [6.07, 6.45) is 0.116. The molecule has 0 radical (unpaired) electrons. The Morgan fingerprint density at radius 1 is 0.906 bits per heavy atom. The largest absolute Gasteiger partial charge is 0.497 e. The van der Waals surface area contributed by atoms with Gasteiger partial charge in [0, 0.05) is 13.1 Å². The molecule has 0 bridgehead atoms. The number of rotatable bonds is 11. The summed E-state index contributed by atoms with van der Waals surface area (Å²) < 4.78 is 5.20. The van der Waals surface area contributed by atoms with Crippen LogP contribution >= 0.6 is 0 Å². The standard InChI is InChI=1S/C26H28N2O4/c1-19(22-7-3-20(4-8-22)17-27-16-15-26(29)30)28-32-18-21-5-9-23(10-6-21)24-11-13-25(31-2)14-12-24/h3-14,27H,15-18H2,1-2H3,(H,29,30). The lowest BCUT2D eigenvalue weighted by Gasteiger charge is -2.07. The average Bonchev–Trinajstić information content (AvgIpc) is 2.82. The topological polar surface area (TPSA) is 80.2 Å². The molecule has 3 aromatic rings. The van der Waals surface area contributed by atoms with Gasteiger partial charge >= 0.3 is 5.97 Å². The second-order valence-electron chi connectivity index (χ2n) is 7.39. The summed E-state index contributed by atoms with van der Waals surface area (Å²) in [5.74, 6) is 0.0434. The van der Waals surface area contributed by atoms with E-state index in [4.69, 9.17) is 14.7 Å². The first-order valence-electron chi connectivity index (χ1n) is 10.5. The van der Waals surface area contributed by atoms with Crippen LogP contribution in [0.4, 0.5) is 0 Å². The van der Waals surface area contributed by atoms with Gasteiger partial charge in [-0.15, -0.1) is 0 Å². The van der Waals surface area contributed by atoms with Crippen LogP contribution in [0.2, 0.25) is 0 Å². The third-order valence-corrected chi connectivity index (χ3v) is 5.03. The molecule has 0 aliphatic rings. The van der Waals surface area contributed by atoms with Crippen LogP contribution in [0.25, 0.3) is 11.1 Å². The van der Waals surface area contributed by atoms with Gasteiger partial charge < -0.3 is 20.0 Å². The predicted molar refractivity (Wildman–Crippen MR) is 126 cm³/mol. The smallest absolute Gasteiger partial charge is 0.304 e. The molecule has 6 heteroatoms. The van der Waals surface area contributed by atoms with E-state index < -0.39 is 5.97 Å². The van der Waals surface area contributed by atoms with Crippen LogP contribution < -0.4 is 10.1 Å². The minimum Gasteiger partial charge on any atom is -0.497 e. The van der Waals surface area contributed by atoms with E-state index in [1.807, 2.05) is 67.6 Å². The zero-order valence-corrected chi connectivity index (χ0v) is 18.4. The van der Waals surface area contributed by atoms with Gasteiger partial charge in [0.1, 0.15) is 12.4 Å². The van der Waals surface area contributed by atoms with Crippen molar-refractivity contribution in [3.8, 4) is 16.9 Å². The van der Waals surface area contributed by atoms with E-state index in [0.29, 0.717) is 19.7 Å². The van der Waals surface area contributed by atoms with Crippen molar-refractivity contribution in [3.05, 3.63) is 89.5 Å². The second kappa shape index (κ2) is 11.7. The molecular weight excluding hydrogens is 404 g/mol. The van der Waals surface area contributed by atoms with Crippen LogP contribution in [0, 0.1) is 0 Å². The fourth-order valence-corrected chi connectivity index (χ4v) is 3.13. The number of nitrogens with zero attached hydrogens (tertiary/aromatic N) is 1. The highest BCUT2D eigenvalue weighted by Gasteiger charge is 2.02. The van der Waals surface area contributed by atoms with Crippen molar-refractivity contribution in [1.82, 2.24) is 5.32 Å². The molecule has 32 heavy (non-hydrogen) atoms. The van der Waals surface area contributed by atoms with Gasteiger partial charge in [0.2, 0.25) is 0 Å². The number of methoxy groups -OCH3 is 1. The van der Waals surface area contributed by atoms with Gasteiger partial charge in [-0.25, -0.2) is 0 Å². The van der Waals surface area contributed by atoms with Crippen molar-refractivity contribution in [3.63, 3.8) is 0 Å².